The Kier molecular flexibility index (Phi) is 4.64. The molecule has 1 amide bonds. The van der Waals surface area contributed by atoms with Gasteiger partial charge in [-0.2, -0.15) is 0 Å². The molecule has 0 radical (unpaired) electrons. The number of rotatable bonds is 5. The van der Waals surface area contributed by atoms with Gasteiger partial charge in [0.05, 0.1) is 23.7 Å². The molecule has 26 heavy (non-hydrogen) atoms. The van der Waals surface area contributed by atoms with Crippen molar-refractivity contribution in [2.45, 2.75) is 6.42 Å². The minimum Gasteiger partial charge on any atom is -0.497 e. The minimum absolute atomic E-state index is 0.0969. The average molecular weight is 381 g/mol. The highest BCUT2D eigenvalue weighted by atomic mass is 32.1. The number of nitrogens with one attached hydrogen (secondary N) is 1. The summed E-state index contributed by atoms with van der Waals surface area (Å²) in [5, 5.41) is 6.21. The molecule has 2 aromatic heterocycles. The van der Waals surface area contributed by atoms with Gasteiger partial charge >= 0.3 is 0 Å². The molecule has 0 spiro atoms. The number of hydrogen-bond donors (Lipinski definition) is 1. The van der Waals surface area contributed by atoms with E-state index in [9.17, 15) is 4.79 Å². The first-order chi connectivity index (χ1) is 12.7. The predicted molar refractivity (Wildman–Crippen MR) is 106 cm³/mol. The molecule has 130 valence electrons. The number of benzene rings is 2. The van der Waals surface area contributed by atoms with E-state index in [1.54, 1.807) is 18.4 Å². The fourth-order valence-corrected chi connectivity index (χ4v) is 4.22. The van der Waals surface area contributed by atoms with Gasteiger partial charge in [-0.25, -0.2) is 9.97 Å². The van der Waals surface area contributed by atoms with Crippen LogP contribution in [0.4, 0.5) is 5.13 Å². The van der Waals surface area contributed by atoms with Crippen LogP contribution >= 0.6 is 22.7 Å². The van der Waals surface area contributed by atoms with Gasteiger partial charge in [0, 0.05) is 5.38 Å². The first kappa shape index (κ1) is 16.7. The van der Waals surface area contributed by atoms with Crippen molar-refractivity contribution in [3.63, 3.8) is 0 Å². The molecule has 0 aliphatic carbocycles. The lowest BCUT2D eigenvalue weighted by molar-refractivity contribution is -0.115. The van der Waals surface area contributed by atoms with Crippen LogP contribution < -0.4 is 10.1 Å². The molecule has 2 aromatic carbocycles. The summed E-state index contributed by atoms with van der Waals surface area (Å²) in [4.78, 5) is 21.3. The Morgan fingerprint density at radius 2 is 1.92 bits per heavy atom. The zero-order valence-electron chi connectivity index (χ0n) is 13.9. The van der Waals surface area contributed by atoms with Crippen LogP contribution in [0, 0.1) is 0 Å². The van der Waals surface area contributed by atoms with E-state index in [0.717, 1.165) is 32.2 Å². The molecule has 0 saturated heterocycles. The lowest BCUT2D eigenvalue weighted by Crippen LogP contribution is -2.14. The summed E-state index contributed by atoms with van der Waals surface area (Å²) in [6, 6.07) is 15.4. The third-order valence-corrected chi connectivity index (χ3v) is 5.60. The summed E-state index contributed by atoms with van der Waals surface area (Å²) >= 11 is 3.00. The molecule has 0 aliphatic heterocycles. The van der Waals surface area contributed by atoms with Gasteiger partial charge in [0.2, 0.25) is 5.91 Å². The number of anilines is 1. The van der Waals surface area contributed by atoms with Gasteiger partial charge in [-0.1, -0.05) is 24.3 Å². The zero-order valence-corrected chi connectivity index (χ0v) is 15.6. The number of fused-ring (bicyclic) bond motifs is 1. The normalized spacial score (nSPS) is 10.8. The maximum atomic E-state index is 12.2. The van der Waals surface area contributed by atoms with Crippen LogP contribution in [0.1, 0.15) is 5.56 Å². The van der Waals surface area contributed by atoms with Gasteiger partial charge < -0.3 is 10.1 Å². The van der Waals surface area contributed by atoms with Crippen LogP contribution in [0.25, 0.3) is 20.9 Å². The number of carbonyl (C=O) groups is 1. The summed E-state index contributed by atoms with van der Waals surface area (Å²) < 4.78 is 6.25. The molecule has 0 bridgehead atoms. The predicted octanol–water partition coefficient (Wildman–Crippen LogP) is 4.61. The second-order valence-corrected chi connectivity index (χ2v) is 7.49. The number of carbonyl (C=O) groups excluding carboxylic acids is 1. The fourth-order valence-electron chi connectivity index (χ4n) is 2.50. The Bertz CT molecular complexity index is 1020. The Labute approximate surface area is 158 Å². The number of nitrogens with zero attached hydrogens (tertiary/aromatic N) is 2. The third kappa shape index (κ3) is 3.58. The van der Waals surface area contributed by atoms with Crippen LogP contribution in [0.5, 0.6) is 5.75 Å². The van der Waals surface area contributed by atoms with Gasteiger partial charge in [-0.05, 0) is 29.8 Å². The van der Waals surface area contributed by atoms with Crippen molar-refractivity contribution in [3.8, 4) is 16.5 Å². The Balaban J connectivity index is 1.44. The van der Waals surface area contributed by atoms with Crippen LogP contribution in [0.15, 0.2) is 53.9 Å². The highest BCUT2D eigenvalue weighted by Crippen LogP contribution is 2.31. The fraction of sp³-hybridized carbons (Fsp3) is 0.105. The number of thiazole rings is 2. The van der Waals surface area contributed by atoms with Crippen molar-refractivity contribution < 1.29 is 9.53 Å². The number of amides is 1. The highest BCUT2D eigenvalue weighted by molar-refractivity contribution is 7.22. The van der Waals surface area contributed by atoms with Crippen molar-refractivity contribution in [1.29, 1.82) is 0 Å². The summed E-state index contributed by atoms with van der Waals surface area (Å²) in [7, 11) is 1.62. The van der Waals surface area contributed by atoms with E-state index in [-0.39, 0.29) is 5.91 Å². The van der Waals surface area contributed by atoms with E-state index in [0.29, 0.717) is 11.6 Å². The number of ether oxygens (including phenoxy) is 1. The lowest BCUT2D eigenvalue weighted by atomic mass is 10.1. The Morgan fingerprint density at radius 1 is 1.12 bits per heavy atom. The molecule has 2 heterocycles. The molecule has 7 heteroatoms. The van der Waals surface area contributed by atoms with Gasteiger partial charge in [0.25, 0.3) is 0 Å². The topological polar surface area (TPSA) is 64.1 Å². The van der Waals surface area contributed by atoms with Crippen molar-refractivity contribution >= 4 is 43.9 Å². The van der Waals surface area contributed by atoms with Crippen LogP contribution in [-0.4, -0.2) is 23.0 Å². The summed E-state index contributed by atoms with van der Waals surface area (Å²) in [5.41, 5.74) is 2.67. The molecule has 1 N–H and O–H groups in total. The molecule has 0 unspecified atom stereocenters. The second kappa shape index (κ2) is 7.23. The molecule has 0 fully saturated rings. The number of hydrogen-bond acceptors (Lipinski definition) is 6. The Morgan fingerprint density at radius 3 is 2.69 bits per heavy atom. The maximum Gasteiger partial charge on any atom is 0.230 e. The standard InChI is InChI=1S/C19H15N3O2S2/c1-24-13-8-6-12(7-9-13)10-17(23)22-19-21-15(11-25-19)18-20-14-4-2-3-5-16(14)26-18/h2-9,11H,10H2,1H3,(H,21,22,23). The molecule has 5 nitrogen and oxygen atoms in total. The van der Waals surface area contributed by atoms with Crippen molar-refractivity contribution in [2.75, 3.05) is 12.4 Å². The van der Waals surface area contributed by atoms with Crippen LogP contribution in [0.3, 0.4) is 0 Å². The van der Waals surface area contributed by atoms with E-state index in [1.165, 1.54) is 11.3 Å². The molecule has 0 atom stereocenters. The number of para-hydroxylation sites is 1. The summed E-state index contributed by atoms with van der Waals surface area (Å²) in [6.07, 6.45) is 0.292. The quantitative estimate of drug-likeness (QED) is 0.548. The van der Waals surface area contributed by atoms with E-state index >= 15 is 0 Å². The minimum atomic E-state index is -0.0969. The van der Waals surface area contributed by atoms with Crippen LogP contribution in [-0.2, 0) is 11.2 Å². The number of aromatic nitrogens is 2. The molecule has 0 aliphatic rings. The van der Waals surface area contributed by atoms with E-state index in [1.807, 2.05) is 53.9 Å². The Hall–Kier alpha value is -2.77. The molecular weight excluding hydrogens is 366 g/mol. The smallest absolute Gasteiger partial charge is 0.230 e. The third-order valence-electron chi connectivity index (χ3n) is 3.79. The average Bonchev–Trinajstić information content (AvgIpc) is 3.28. The van der Waals surface area contributed by atoms with E-state index < -0.39 is 0 Å². The molecule has 0 saturated carbocycles. The van der Waals surface area contributed by atoms with Gasteiger partial charge in [-0.3, -0.25) is 4.79 Å². The van der Waals surface area contributed by atoms with Gasteiger partial charge in [0.15, 0.2) is 5.13 Å². The van der Waals surface area contributed by atoms with Crippen molar-refractivity contribution in [3.05, 3.63) is 59.5 Å². The highest BCUT2D eigenvalue weighted by Gasteiger charge is 2.12. The van der Waals surface area contributed by atoms with Crippen molar-refractivity contribution in [2.24, 2.45) is 0 Å². The van der Waals surface area contributed by atoms with E-state index in [2.05, 4.69) is 15.3 Å². The van der Waals surface area contributed by atoms with E-state index in [4.69, 9.17) is 4.74 Å². The lowest BCUT2D eigenvalue weighted by Gasteiger charge is -2.03. The second-order valence-electron chi connectivity index (χ2n) is 5.60. The molecule has 4 rings (SSSR count). The molecular formula is C19H15N3O2S2. The van der Waals surface area contributed by atoms with Crippen LogP contribution in [0.2, 0.25) is 0 Å². The summed E-state index contributed by atoms with van der Waals surface area (Å²) in [6.45, 7) is 0. The SMILES string of the molecule is COc1ccc(CC(=O)Nc2nc(-c3nc4ccccc4s3)cs2)cc1. The molecule has 4 aromatic rings. The van der Waals surface area contributed by atoms with Crippen molar-refractivity contribution in [1.82, 2.24) is 9.97 Å². The first-order valence-corrected chi connectivity index (χ1v) is 9.65. The zero-order chi connectivity index (χ0) is 17.9. The number of methoxy groups -OCH3 is 1. The van der Waals surface area contributed by atoms with Gasteiger partial charge in [-0.15, -0.1) is 22.7 Å². The maximum absolute atomic E-state index is 12.2. The first-order valence-electron chi connectivity index (χ1n) is 7.95. The largest absolute Gasteiger partial charge is 0.497 e. The summed E-state index contributed by atoms with van der Waals surface area (Å²) in [5.74, 6) is 0.676. The van der Waals surface area contributed by atoms with Gasteiger partial charge in [0.1, 0.15) is 16.5 Å². The monoisotopic (exact) mass is 381 g/mol.